The number of hydrogen-bond donors (Lipinski definition) is 1. The van der Waals surface area contributed by atoms with Crippen molar-refractivity contribution in [1.82, 2.24) is 0 Å². The molecule has 0 radical (unpaired) electrons. The van der Waals surface area contributed by atoms with Gasteiger partial charge in [-0.25, -0.2) is 0 Å². The van der Waals surface area contributed by atoms with Crippen LogP contribution in [-0.2, 0) is 23.7 Å². The smallest absolute Gasteiger partial charge is 0.0809 e. The molecule has 0 saturated heterocycles. The van der Waals surface area contributed by atoms with E-state index in [9.17, 15) is 0 Å². The molecule has 0 aromatic rings. The molecule has 0 fully saturated rings. The van der Waals surface area contributed by atoms with Crippen LogP contribution in [0.2, 0.25) is 0 Å². The van der Waals surface area contributed by atoms with Crippen LogP contribution >= 0.6 is 0 Å². The molecule has 0 aromatic heterocycles. The Morgan fingerprint density at radius 3 is 2.15 bits per heavy atom. The molecule has 0 aliphatic rings. The molecule has 122 valence electrons. The van der Waals surface area contributed by atoms with Crippen LogP contribution in [0.4, 0.5) is 0 Å². The zero-order valence-electron chi connectivity index (χ0n) is 12.8. The highest BCUT2D eigenvalue weighted by atomic mass is 16.6. The summed E-state index contributed by atoms with van der Waals surface area (Å²) in [7, 11) is 3.39. The summed E-state index contributed by atoms with van der Waals surface area (Å²) in [5, 5.41) is 8.52. The van der Waals surface area contributed by atoms with Gasteiger partial charge in [0.25, 0.3) is 0 Å². The van der Waals surface area contributed by atoms with Gasteiger partial charge < -0.3 is 28.8 Å². The second-order valence-electron chi connectivity index (χ2n) is 4.39. The first-order valence-corrected chi connectivity index (χ1v) is 7.21. The third-order valence-electron chi connectivity index (χ3n) is 2.67. The van der Waals surface area contributed by atoms with Crippen LogP contribution < -0.4 is 0 Å². The molecular weight excluding hydrogens is 264 g/mol. The lowest BCUT2D eigenvalue weighted by Crippen LogP contribution is -2.22. The molecule has 20 heavy (non-hydrogen) atoms. The van der Waals surface area contributed by atoms with Crippen LogP contribution in [0.1, 0.15) is 19.3 Å². The zero-order chi connectivity index (χ0) is 14.9. The van der Waals surface area contributed by atoms with Crippen LogP contribution in [0.15, 0.2) is 0 Å². The van der Waals surface area contributed by atoms with Crippen molar-refractivity contribution in [3.63, 3.8) is 0 Å². The quantitative estimate of drug-likeness (QED) is 0.426. The molecule has 1 unspecified atom stereocenters. The van der Waals surface area contributed by atoms with Crippen molar-refractivity contribution < 1.29 is 28.8 Å². The highest BCUT2D eigenvalue weighted by Crippen LogP contribution is 2.06. The van der Waals surface area contributed by atoms with Crippen LogP contribution in [0.5, 0.6) is 0 Å². The number of aliphatic hydroxyl groups excluding tert-OH is 1. The molecule has 0 aliphatic heterocycles. The number of rotatable bonds is 16. The van der Waals surface area contributed by atoms with Crippen LogP contribution in [0.25, 0.3) is 0 Å². The lowest BCUT2D eigenvalue weighted by Gasteiger charge is -2.17. The molecule has 6 nitrogen and oxygen atoms in total. The van der Waals surface area contributed by atoms with E-state index in [1.165, 1.54) is 0 Å². The summed E-state index contributed by atoms with van der Waals surface area (Å²) in [4.78, 5) is 0. The van der Waals surface area contributed by atoms with Crippen molar-refractivity contribution >= 4 is 0 Å². The molecule has 0 heterocycles. The first-order chi connectivity index (χ1) is 9.85. The Morgan fingerprint density at radius 2 is 1.50 bits per heavy atom. The van der Waals surface area contributed by atoms with Gasteiger partial charge in [0.1, 0.15) is 0 Å². The Morgan fingerprint density at radius 1 is 0.800 bits per heavy atom. The van der Waals surface area contributed by atoms with Crippen LogP contribution in [0.3, 0.4) is 0 Å². The van der Waals surface area contributed by atoms with E-state index in [-0.39, 0.29) is 12.7 Å². The second-order valence-corrected chi connectivity index (χ2v) is 4.39. The van der Waals surface area contributed by atoms with Gasteiger partial charge in [0.2, 0.25) is 0 Å². The predicted molar refractivity (Wildman–Crippen MR) is 76.1 cm³/mol. The summed E-state index contributed by atoms with van der Waals surface area (Å²) in [5.74, 6) is 0. The predicted octanol–water partition coefficient (Wildman–Crippen LogP) is 0.860. The molecule has 0 aliphatic carbocycles. The summed E-state index contributed by atoms with van der Waals surface area (Å²) < 4.78 is 26.3. The summed E-state index contributed by atoms with van der Waals surface area (Å²) in [6, 6.07) is 0. The SMILES string of the molecule is COCCCCC(COC)OCCOCCOCCO. The minimum atomic E-state index is 0.0465. The first-order valence-electron chi connectivity index (χ1n) is 7.21. The Balaban J connectivity index is 3.40. The highest BCUT2D eigenvalue weighted by molar-refractivity contribution is 4.57. The molecule has 0 saturated carbocycles. The van der Waals surface area contributed by atoms with E-state index in [0.717, 1.165) is 25.9 Å². The standard InChI is InChI=1S/C14H30O6/c1-16-7-4-3-5-14(13-17-2)20-12-11-19-10-9-18-8-6-15/h14-15H,3-13H2,1-2H3. The Labute approximate surface area is 122 Å². The number of aliphatic hydroxyl groups is 1. The summed E-state index contributed by atoms with van der Waals surface area (Å²) in [6.07, 6.45) is 3.19. The molecular formula is C14H30O6. The second kappa shape index (κ2) is 16.8. The number of hydrogen-bond acceptors (Lipinski definition) is 6. The van der Waals surface area contributed by atoms with Gasteiger partial charge in [0.15, 0.2) is 0 Å². The van der Waals surface area contributed by atoms with Gasteiger partial charge >= 0.3 is 0 Å². The largest absolute Gasteiger partial charge is 0.394 e. The lowest BCUT2D eigenvalue weighted by atomic mass is 10.1. The molecule has 0 amide bonds. The van der Waals surface area contributed by atoms with E-state index in [1.54, 1.807) is 14.2 Å². The summed E-state index contributed by atoms with van der Waals surface area (Å²) >= 11 is 0. The molecule has 6 heteroatoms. The molecule has 0 bridgehead atoms. The average molecular weight is 294 g/mol. The summed E-state index contributed by atoms with van der Waals surface area (Å²) in [5.41, 5.74) is 0. The molecule has 0 rings (SSSR count). The lowest BCUT2D eigenvalue weighted by molar-refractivity contribution is -0.0408. The Bertz CT molecular complexity index is 179. The zero-order valence-corrected chi connectivity index (χ0v) is 12.8. The molecule has 0 spiro atoms. The maximum atomic E-state index is 8.52. The van der Waals surface area contributed by atoms with Crippen molar-refractivity contribution in [2.75, 3.05) is 67.1 Å². The topological polar surface area (TPSA) is 66.4 Å². The van der Waals surface area contributed by atoms with Crippen molar-refractivity contribution in [3.05, 3.63) is 0 Å². The van der Waals surface area contributed by atoms with Crippen molar-refractivity contribution in [2.45, 2.75) is 25.4 Å². The van der Waals surface area contributed by atoms with Gasteiger partial charge in [0.05, 0.1) is 52.4 Å². The monoisotopic (exact) mass is 294 g/mol. The fraction of sp³-hybridized carbons (Fsp3) is 1.00. The fourth-order valence-corrected chi connectivity index (χ4v) is 1.68. The van der Waals surface area contributed by atoms with Gasteiger partial charge in [0, 0.05) is 20.8 Å². The van der Waals surface area contributed by atoms with Gasteiger partial charge in [-0.3, -0.25) is 0 Å². The van der Waals surface area contributed by atoms with Crippen LogP contribution in [0, 0.1) is 0 Å². The van der Waals surface area contributed by atoms with E-state index in [2.05, 4.69) is 0 Å². The van der Waals surface area contributed by atoms with Gasteiger partial charge in [-0.2, -0.15) is 0 Å². The Kier molecular flexibility index (Phi) is 16.6. The third-order valence-corrected chi connectivity index (χ3v) is 2.67. The van der Waals surface area contributed by atoms with E-state index in [4.69, 9.17) is 28.8 Å². The van der Waals surface area contributed by atoms with Gasteiger partial charge in [-0.15, -0.1) is 0 Å². The van der Waals surface area contributed by atoms with E-state index >= 15 is 0 Å². The first kappa shape index (κ1) is 19.8. The number of ether oxygens (including phenoxy) is 5. The van der Waals surface area contributed by atoms with Crippen molar-refractivity contribution in [3.8, 4) is 0 Å². The van der Waals surface area contributed by atoms with Crippen molar-refractivity contribution in [1.29, 1.82) is 0 Å². The van der Waals surface area contributed by atoms with Gasteiger partial charge in [-0.1, -0.05) is 0 Å². The third kappa shape index (κ3) is 14.2. The summed E-state index contributed by atoms with van der Waals surface area (Å²) in [6.45, 7) is 3.91. The van der Waals surface area contributed by atoms with Crippen LogP contribution in [-0.4, -0.2) is 78.3 Å². The van der Waals surface area contributed by atoms with E-state index in [1.807, 2.05) is 0 Å². The fourth-order valence-electron chi connectivity index (χ4n) is 1.68. The van der Waals surface area contributed by atoms with E-state index < -0.39 is 0 Å². The highest BCUT2D eigenvalue weighted by Gasteiger charge is 2.08. The molecule has 0 aromatic carbocycles. The van der Waals surface area contributed by atoms with E-state index in [0.29, 0.717) is 39.6 Å². The minimum Gasteiger partial charge on any atom is -0.394 e. The minimum absolute atomic E-state index is 0.0465. The van der Waals surface area contributed by atoms with Gasteiger partial charge in [-0.05, 0) is 19.3 Å². The molecule has 1 N–H and O–H groups in total. The maximum Gasteiger partial charge on any atom is 0.0809 e. The molecule has 1 atom stereocenters. The number of unbranched alkanes of at least 4 members (excludes halogenated alkanes) is 1. The Hall–Kier alpha value is -0.240. The normalized spacial score (nSPS) is 12.8. The number of methoxy groups -OCH3 is 2. The average Bonchev–Trinajstić information content (AvgIpc) is 2.46. The van der Waals surface area contributed by atoms with Crippen molar-refractivity contribution in [2.24, 2.45) is 0 Å². The maximum absolute atomic E-state index is 8.52.